The van der Waals surface area contributed by atoms with Gasteiger partial charge in [0.25, 0.3) is 17.2 Å². The Morgan fingerprint density at radius 2 is 1.93 bits per heavy atom. The van der Waals surface area contributed by atoms with Crippen LogP contribution in [0.4, 0.5) is 5.69 Å². The molecule has 0 fully saturated rings. The highest BCUT2D eigenvalue weighted by Gasteiger charge is 2.26. The molecule has 1 heterocycles. The van der Waals surface area contributed by atoms with Crippen molar-refractivity contribution < 1.29 is 9.72 Å². The minimum Gasteiger partial charge on any atom is -0.332 e. The molecule has 0 aliphatic carbocycles. The van der Waals surface area contributed by atoms with Crippen LogP contribution >= 0.6 is 0 Å². The maximum absolute atomic E-state index is 13.0. The van der Waals surface area contributed by atoms with Crippen LogP contribution in [0.5, 0.6) is 0 Å². The van der Waals surface area contributed by atoms with Crippen LogP contribution in [0.1, 0.15) is 42.5 Å². The molecule has 3 aromatic rings. The predicted octanol–water partition coefficient (Wildman–Crippen LogP) is 3.55. The maximum Gasteiger partial charge on any atom is 0.270 e. The van der Waals surface area contributed by atoms with Gasteiger partial charge >= 0.3 is 0 Å². The Hall–Kier alpha value is -3.55. The number of hydrogen-bond donors (Lipinski definition) is 0. The van der Waals surface area contributed by atoms with Gasteiger partial charge in [-0.3, -0.25) is 24.3 Å². The Bertz CT molecular complexity index is 1140. The molecule has 8 nitrogen and oxygen atoms in total. The van der Waals surface area contributed by atoms with Crippen molar-refractivity contribution in [3.8, 4) is 0 Å². The summed E-state index contributed by atoms with van der Waals surface area (Å²) in [6, 6.07) is 12.3. The summed E-state index contributed by atoms with van der Waals surface area (Å²) >= 11 is 0. The van der Waals surface area contributed by atoms with E-state index in [1.807, 2.05) is 19.9 Å². The number of fused-ring (bicyclic) bond motifs is 1. The first kappa shape index (κ1) is 20.2. The standard InChI is InChI=1S/C21H22N4O4/c1-4-18(23(3)20(26)14-9-8-10-15(13-14)25(28)29)19-22-17-12-7-6-11-16(17)21(27)24(19)5-2/h6-13,18H,4-5H2,1-3H3. The van der Waals surface area contributed by atoms with Crippen molar-refractivity contribution in [2.45, 2.75) is 32.9 Å². The number of amides is 1. The van der Waals surface area contributed by atoms with Gasteiger partial charge in [-0.25, -0.2) is 4.98 Å². The molecule has 1 unspecified atom stereocenters. The van der Waals surface area contributed by atoms with Gasteiger partial charge in [-0.1, -0.05) is 25.1 Å². The average Bonchev–Trinajstić information content (AvgIpc) is 2.74. The van der Waals surface area contributed by atoms with Crippen LogP contribution in [0, 0.1) is 10.1 Å². The summed E-state index contributed by atoms with van der Waals surface area (Å²) in [4.78, 5) is 42.6. The summed E-state index contributed by atoms with van der Waals surface area (Å²) in [6.07, 6.45) is 0.530. The minimum absolute atomic E-state index is 0.147. The van der Waals surface area contributed by atoms with Crippen LogP contribution in [0.2, 0.25) is 0 Å². The van der Waals surface area contributed by atoms with Crippen molar-refractivity contribution in [3.05, 3.63) is 80.4 Å². The van der Waals surface area contributed by atoms with Gasteiger partial charge in [0.15, 0.2) is 0 Å². The summed E-state index contributed by atoms with van der Waals surface area (Å²) in [7, 11) is 1.62. The number of nitro groups is 1. The molecule has 0 saturated heterocycles. The molecular formula is C21H22N4O4. The minimum atomic E-state index is -0.534. The first-order valence-corrected chi connectivity index (χ1v) is 9.40. The second kappa shape index (κ2) is 8.22. The molecule has 8 heteroatoms. The molecule has 29 heavy (non-hydrogen) atoms. The Labute approximate surface area is 167 Å². The molecule has 0 spiro atoms. The number of benzene rings is 2. The van der Waals surface area contributed by atoms with Gasteiger partial charge in [0.05, 0.1) is 21.9 Å². The van der Waals surface area contributed by atoms with Gasteiger partial charge in [-0.15, -0.1) is 0 Å². The lowest BCUT2D eigenvalue weighted by Crippen LogP contribution is -2.36. The summed E-state index contributed by atoms with van der Waals surface area (Å²) in [6.45, 7) is 4.18. The zero-order chi connectivity index (χ0) is 21.1. The van der Waals surface area contributed by atoms with Gasteiger partial charge < -0.3 is 4.90 Å². The second-order valence-electron chi connectivity index (χ2n) is 6.68. The normalized spacial score (nSPS) is 12.0. The van der Waals surface area contributed by atoms with Crippen LogP contribution in [0.15, 0.2) is 53.3 Å². The van der Waals surface area contributed by atoms with Crippen LogP contribution in [-0.4, -0.2) is 32.3 Å². The van der Waals surface area contributed by atoms with Gasteiger partial charge in [0.2, 0.25) is 0 Å². The van der Waals surface area contributed by atoms with E-state index < -0.39 is 11.0 Å². The third-order valence-electron chi connectivity index (χ3n) is 4.98. The molecule has 1 aromatic heterocycles. The number of non-ortho nitro benzene ring substituents is 1. The molecular weight excluding hydrogens is 372 g/mol. The molecule has 0 bridgehead atoms. The van der Waals surface area contributed by atoms with Crippen LogP contribution in [0.3, 0.4) is 0 Å². The SMILES string of the molecule is CCC(c1nc2ccccc2c(=O)n1CC)N(C)C(=O)c1cccc([N+](=O)[O-])c1. The van der Waals surface area contributed by atoms with Crippen molar-refractivity contribution in [1.29, 1.82) is 0 Å². The molecule has 2 aromatic carbocycles. The van der Waals surface area contributed by atoms with Crippen molar-refractivity contribution in [3.63, 3.8) is 0 Å². The average molecular weight is 394 g/mol. The molecule has 1 atom stereocenters. The van der Waals surface area contributed by atoms with Crippen molar-refractivity contribution in [2.24, 2.45) is 0 Å². The number of nitro benzene ring substituents is 1. The summed E-state index contributed by atoms with van der Waals surface area (Å²) < 4.78 is 1.58. The van der Waals surface area contributed by atoms with E-state index in [-0.39, 0.29) is 22.7 Å². The zero-order valence-corrected chi connectivity index (χ0v) is 16.5. The third kappa shape index (κ3) is 3.73. The first-order valence-electron chi connectivity index (χ1n) is 9.40. The van der Waals surface area contributed by atoms with Crippen LogP contribution in [-0.2, 0) is 6.54 Å². The lowest BCUT2D eigenvalue weighted by Gasteiger charge is -2.29. The Kier molecular flexibility index (Phi) is 5.72. The van der Waals surface area contributed by atoms with Crippen molar-refractivity contribution >= 4 is 22.5 Å². The predicted molar refractivity (Wildman–Crippen MR) is 110 cm³/mol. The Balaban J connectivity index is 2.07. The van der Waals surface area contributed by atoms with E-state index in [9.17, 15) is 19.7 Å². The summed E-state index contributed by atoms with van der Waals surface area (Å²) in [5, 5.41) is 11.6. The number of carbonyl (C=O) groups excluding carboxylic acids is 1. The molecule has 0 aliphatic heterocycles. The number of carbonyl (C=O) groups is 1. The van der Waals surface area contributed by atoms with E-state index in [1.165, 1.54) is 23.1 Å². The first-order chi connectivity index (χ1) is 13.9. The highest BCUT2D eigenvalue weighted by molar-refractivity contribution is 5.95. The van der Waals surface area contributed by atoms with E-state index in [4.69, 9.17) is 0 Å². The summed E-state index contributed by atoms with van der Waals surface area (Å²) in [5.41, 5.74) is 0.493. The zero-order valence-electron chi connectivity index (χ0n) is 16.5. The topological polar surface area (TPSA) is 98.3 Å². The molecule has 0 radical (unpaired) electrons. The van der Waals surface area contributed by atoms with E-state index >= 15 is 0 Å². The quantitative estimate of drug-likeness (QED) is 0.470. The highest BCUT2D eigenvalue weighted by Crippen LogP contribution is 2.25. The fraction of sp³-hybridized carbons (Fsp3) is 0.286. The van der Waals surface area contributed by atoms with E-state index in [2.05, 4.69) is 4.98 Å². The number of rotatable bonds is 6. The molecule has 0 aliphatic rings. The monoisotopic (exact) mass is 394 g/mol. The van der Waals surface area contributed by atoms with Gasteiger partial charge in [-0.05, 0) is 31.5 Å². The van der Waals surface area contributed by atoms with E-state index in [0.717, 1.165) is 0 Å². The number of para-hydroxylation sites is 1. The fourth-order valence-electron chi connectivity index (χ4n) is 3.47. The Morgan fingerprint density at radius 3 is 2.59 bits per heavy atom. The molecule has 1 amide bonds. The number of nitrogens with zero attached hydrogens (tertiary/aromatic N) is 4. The highest BCUT2D eigenvalue weighted by atomic mass is 16.6. The molecule has 150 valence electrons. The molecule has 0 saturated carbocycles. The van der Waals surface area contributed by atoms with Crippen molar-refractivity contribution in [1.82, 2.24) is 14.5 Å². The second-order valence-corrected chi connectivity index (χ2v) is 6.68. The lowest BCUT2D eigenvalue weighted by molar-refractivity contribution is -0.384. The third-order valence-corrected chi connectivity index (χ3v) is 4.98. The Morgan fingerprint density at radius 1 is 1.21 bits per heavy atom. The van der Waals surface area contributed by atoms with E-state index in [0.29, 0.717) is 29.7 Å². The smallest absolute Gasteiger partial charge is 0.270 e. The van der Waals surface area contributed by atoms with Crippen molar-refractivity contribution in [2.75, 3.05) is 7.05 Å². The van der Waals surface area contributed by atoms with Crippen LogP contribution < -0.4 is 5.56 Å². The molecule has 0 N–H and O–H groups in total. The van der Waals surface area contributed by atoms with Gasteiger partial charge in [0, 0.05) is 31.3 Å². The number of hydrogen-bond acceptors (Lipinski definition) is 5. The fourth-order valence-corrected chi connectivity index (χ4v) is 3.47. The van der Waals surface area contributed by atoms with Crippen LogP contribution in [0.25, 0.3) is 10.9 Å². The van der Waals surface area contributed by atoms with E-state index in [1.54, 1.807) is 35.9 Å². The molecule has 3 rings (SSSR count). The largest absolute Gasteiger partial charge is 0.332 e. The lowest BCUT2D eigenvalue weighted by atomic mass is 10.1. The summed E-state index contributed by atoms with van der Waals surface area (Å²) in [5.74, 6) is 0.130. The number of aromatic nitrogens is 2. The van der Waals surface area contributed by atoms with Gasteiger partial charge in [0.1, 0.15) is 5.82 Å². The van der Waals surface area contributed by atoms with Gasteiger partial charge in [-0.2, -0.15) is 0 Å². The maximum atomic E-state index is 13.0.